The van der Waals surface area contributed by atoms with Gasteiger partial charge in [0.05, 0.1) is 0 Å². The molecule has 0 aromatic carbocycles. The largest absolute Gasteiger partial charge is 0.311 e. The van der Waals surface area contributed by atoms with Crippen molar-refractivity contribution in [2.45, 2.75) is 46.2 Å². The van der Waals surface area contributed by atoms with E-state index in [0.29, 0.717) is 6.54 Å². The summed E-state index contributed by atoms with van der Waals surface area (Å²) < 4.78 is 1.94. The molecule has 0 spiro atoms. The van der Waals surface area contributed by atoms with E-state index < -0.39 is 0 Å². The van der Waals surface area contributed by atoms with Crippen molar-refractivity contribution in [3.05, 3.63) is 58.0 Å². The van der Waals surface area contributed by atoms with Crippen LogP contribution in [0.3, 0.4) is 0 Å². The number of aryl methyl sites for hydroxylation is 2. The molecule has 2 heterocycles. The quantitative estimate of drug-likeness (QED) is 0.750. The van der Waals surface area contributed by atoms with Crippen LogP contribution in [0, 0.1) is 13.8 Å². The molecule has 0 atom stereocenters. The van der Waals surface area contributed by atoms with Gasteiger partial charge >= 0.3 is 0 Å². The van der Waals surface area contributed by atoms with E-state index in [-0.39, 0.29) is 5.56 Å². The van der Waals surface area contributed by atoms with E-state index in [1.807, 2.05) is 17.6 Å². The summed E-state index contributed by atoms with van der Waals surface area (Å²) in [6, 6.07) is 2.02. The van der Waals surface area contributed by atoms with Crippen LogP contribution in [0.4, 0.5) is 0 Å². The standard InChI is InChI=1S/C18H26N2O/c1-5-14(2)8-11-20-17(13-19-9-6-7-10-19)15(3)12-16(4)18(20)21/h5,12H,1-2,6-11,13H2,3-4H3. The molecule has 3 nitrogen and oxygen atoms in total. The average molecular weight is 286 g/mol. The fraction of sp³-hybridized carbons (Fsp3) is 0.500. The second kappa shape index (κ2) is 6.90. The van der Waals surface area contributed by atoms with Crippen LogP contribution in [0.1, 0.15) is 36.1 Å². The second-order valence-electron chi connectivity index (χ2n) is 6.01. The van der Waals surface area contributed by atoms with Crippen LogP contribution in [0.5, 0.6) is 0 Å². The van der Waals surface area contributed by atoms with Crippen molar-refractivity contribution in [2.24, 2.45) is 0 Å². The molecule has 1 aliphatic rings. The summed E-state index contributed by atoms with van der Waals surface area (Å²) in [7, 11) is 0. The summed E-state index contributed by atoms with van der Waals surface area (Å²) in [4.78, 5) is 14.9. The molecule has 21 heavy (non-hydrogen) atoms. The SMILES string of the molecule is C=CC(=C)CCn1c(CN2CCCC2)c(C)cc(C)c1=O. The van der Waals surface area contributed by atoms with Crippen LogP contribution in [-0.2, 0) is 13.1 Å². The minimum Gasteiger partial charge on any atom is -0.311 e. The predicted molar refractivity (Wildman–Crippen MR) is 88.6 cm³/mol. The number of nitrogens with zero attached hydrogens (tertiary/aromatic N) is 2. The summed E-state index contributed by atoms with van der Waals surface area (Å²) in [5.41, 5.74) is 4.30. The first-order valence-corrected chi connectivity index (χ1v) is 7.75. The fourth-order valence-corrected chi connectivity index (χ4v) is 2.97. The van der Waals surface area contributed by atoms with Crippen LogP contribution in [0.25, 0.3) is 0 Å². The number of pyridine rings is 1. The van der Waals surface area contributed by atoms with Gasteiger partial charge in [-0.1, -0.05) is 24.8 Å². The fourth-order valence-electron chi connectivity index (χ4n) is 2.97. The van der Waals surface area contributed by atoms with Gasteiger partial charge in [-0.05, 0) is 57.8 Å². The Balaban J connectivity index is 2.31. The van der Waals surface area contributed by atoms with Crippen molar-refractivity contribution >= 4 is 0 Å². The highest BCUT2D eigenvalue weighted by molar-refractivity contribution is 5.25. The summed E-state index contributed by atoms with van der Waals surface area (Å²) >= 11 is 0. The summed E-state index contributed by atoms with van der Waals surface area (Å²) in [6.07, 6.45) is 5.08. The zero-order valence-electron chi connectivity index (χ0n) is 13.3. The Morgan fingerprint density at radius 2 is 1.95 bits per heavy atom. The molecule has 2 rings (SSSR count). The first-order chi connectivity index (χ1) is 10.0. The maximum Gasteiger partial charge on any atom is 0.253 e. The summed E-state index contributed by atoms with van der Waals surface area (Å²) in [6.45, 7) is 15.5. The Morgan fingerprint density at radius 3 is 2.57 bits per heavy atom. The van der Waals surface area contributed by atoms with Gasteiger partial charge in [-0.3, -0.25) is 9.69 Å². The van der Waals surface area contributed by atoms with Gasteiger partial charge in [0.25, 0.3) is 5.56 Å². The molecule has 1 saturated heterocycles. The van der Waals surface area contributed by atoms with Gasteiger partial charge in [0, 0.05) is 24.3 Å². The van der Waals surface area contributed by atoms with E-state index in [1.165, 1.54) is 18.4 Å². The molecule has 1 aromatic heterocycles. The predicted octanol–water partition coefficient (Wildman–Crippen LogP) is 3.19. The Labute approximate surface area is 127 Å². The third-order valence-corrected chi connectivity index (χ3v) is 4.31. The van der Waals surface area contributed by atoms with Gasteiger partial charge in [0.2, 0.25) is 0 Å². The van der Waals surface area contributed by atoms with E-state index >= 15 is 0 Å². The zero-order chi connectivity index (χ0) is 15.4. The minimum absolute atomic E-state index is 0.131. The van der Waals surface area contributed by atoms with E-state index in [1.54, 1.807) is 6.08 Å². The molecule has 0 N–H and O–H groups in total. The van der Waals surface area contributed by atoms with Crippen LogP contribution in [0.15, 0.2) is 35.7 Å². The Kier molecular flexibility index (Phi) is 5.18. The molecular formula is C18H26N2O. The maximum atomic E-state index is 12.5. The molecule has 3 heteroatoms. The lowest BCUT2D eigenvalue weighted by atomic mass is 10.1. The van der Waals surface area contributed by atoms with Gasteiger partial charge in [-0.15, -0.1) is 0 Å². The molecule has 0 aliphatic carbocycles. The van der Waals surface area contributed by atoms with Crippen molar-refractivity contribution in [3.63, 3.8) is 0 Å². The van der Waals surface area contributed by atoms with E-state index in [2.05, 4.69) is 25.0 Å². The highest BCUT2D eigenvalue weighted by Gasteiger charge is 2.17. The molecule has 1 aromatic rings. The first-order valence-electron chi connectivity index (χ1n) is 7.75. The van der Waals surface area contributed by atoms with Crippen molar-refractivity contribution in [3.8, 4) is 0 Å². The number of hydrogen-bond donors (Lipinski definition) is 0. The highest BCUT2D eigenvalue weighted by atomic mass is 16.1. The van der Waals surface area contributed by atoms with Crippen molar-refractivity contribution in [2.75, 3.05) is 13.1 Å². The van der Waals surface area contributed by atoms with Gasteiger partial charge in [-0.25, -0.2) is 0 Å². The van der Waals surface area contributed by atoms with E-state index in [9.17, 15) is 4.79 Å². The molecule has 0 bridgehead atoms. The lowest BCUT2D eigenvalue weighted by Crippen LogP contribution is -2.30. The van der Waals surface area contributed by atoms with Gasteiger partial charge in [0.15, 0.2) is 0 Å². The van der Waals surface area contributed by atoms with E-state index in [4.69, 9.17) is 0 Å². The van der Waals surface area contributed by atoms with Gasteiger partial charge in [0.1, 0.15) is 0 Å². The lowest BCUT2D eigenvalue weighted by Gasteiger charge is -2.21. The van der Waals surface area contributed by atoms with Gasteiger partial charge < -0.3 is 4.57 Å². The molecule has 1 fully saturated rings. The normalized spacial score (nSPS) is 15.3. The number of aromatic nitrogens is 1. The topological polar surface area (TPSA) is 25.2 Å². The maximum absolute atomic E-state index is 12.5. The van der Waals surface area contributed by atoms with Crippen molar-refractivity contribution in [1.82, 2.24) is 9.47 Å². The van der Waals surface area contributed by atoms with Crippen LogP contribution < -0.4 is 5.56 Å². The molecule has 0 saturated carbocycles. The number of hydrogen-bond acceptors (Lipinski definition) is 2. The highest BCUT2D eigenvalue weighted by Crippen LogP contribution is 2.16. The molecular weight excluding hydrogens is 260 g/mol. The smallest absolute Gasteiger partial charge is 0.253 e. The minimum atomic E-state index is 0.131. The molecule has 0 amide bonds. The van der Waals surface area contributed by atoms with Crippen molar-refractivity contribution < 1.29 is 0 Å². The van der Waals surface area contributed by atoms with Crippen molar-refractivity contribution in [1.29, 1.82) is 0 Å². The van der Waals surface area contributed by atoms with Crippen LogP contribution in [0.2, 0.25) is 0 Å². The molecule has 0 radical (unpaired) electrons. The summed E-state index contributed by atoms with van der Waals surface area (Å²) in [5, 5.41) is 0. The van der Waals surface area contributed by atoms with E-state index in [0.717, 1.165) is 42.9 Å². The number of rotatable bonds is 6. The first kappa shape index (κ1) is 15.8. The average Bonchev–Trinajstić information content (AvgIpc) is 2.97. The Hall–Kier alpha value is -1.61. The number of likely N-dealkylation sites (tertiary alicyclic amines) is 1. The second-order valence-corrected chi connectivity index (χ2v) is 6.01. The van der Waals surface area contributed by atoms with Gasteiger partial charge in [-0.2, -0.15) is 0 Å². The zero-order valence-corrected chi connectivity index (χ0v) is 13.3. The third-order valence-electron chi connectivity index (χ3n) is 4.31. The molecule has 114 valence electrons. The molecule has 1 aliphatic heterocycles. The monoisotopic (exact) mass is 286 g/mol. The molecule has 0 unspecified atom stereocenters. The third kappa shape index (κ3) is 3.73. The summed E-state index contributed by atoms with van der Waals surface area (Å²) in [5.74, 6) is 0. The number of allylic oxidation sites excluding steroid dienone is 2. The Bertz CT molecular complexity index is 592. The lowest BCUT2D eigenvalue weighted by molar-refractivity contribution is 0.318. The Morgan fingerprint density at radius 1 is 1.29 bits per heavy atom. The van der Waals surface area contributed by atoms with Crippen LogP contribution in [-0.4, -0.2) is 22.6 Å². The van der Waals surface area contributed by atoms with Crippen LogP contribution >= 0.6 is 0 Å².